The van der Waals surface area contributed by atoms with Gasteiger partial charge < -0.3 is 10.1 Å². The highest BCUT2D eigenvalue weighted by molar-refractivity contribution is 8.02. The molecule has 1 aromatic heterocycles. The summed E-state index contributed by atoms with van der Waals surface area (Å²) in [6, 6.07) is 23.5. The van der Waals surface area contributed by atoms with Crippen LogP contribution >= 0.6 is 23.1 Å². The molecule has 0 amide bonds. The first-order valence-electron chi connectivity index (χ1n) is 10.7. The van der Waals surface area contributed by atoms with E-state index in [4.69, 9.17) is 4.74 Å². The molecule has 3 aromatic carbocycles. The average Bonchev–Trinajstić information content (AvgIpc) is 3.27. The summed E-state index contributed by atoms with van der Waals surface area (Å²) in [4.78, 5) is 13.5. The molecule has 5 nitrogen and oxygen atoms in total. The predicted molar refractivity (Wildman–Crippen MR) is 136 cm³/mol. The molecule has 1 unspecified atom stereocenters. The molecule has 0 aliphatic rings. The van der Waals surface area contributed by atoms with Crippen LogP contribution < -0.4 is 10.1 Å². The van der Waals surface area contributed by atoms with E-state index in [9.17, 15) is 4.79 Å². The Morgan fingerprint density at radius 2 is 1.64 bits per heavy atom. The van der Waals surface area contributed by atoms with Gasteiger partial charge in [0.2, 0.25) is 5.13 Å². The fourth-order valence-corrected chi connectivity index (χ4v) is 5.29. The zero-order valence-corrected chi connectivity index (χ0v) is 20.4. The number of nitrogens with one attached hydrogen (secondary N) is 1. The number of aryl methyl sites for hydroxylation is 2. The molecule has 4 aromatic rings. The number of ketones is 1. The van der Waals surface area contributed by atoms with E-state index >= 15 is 0 Å². The van der Waals surface area contributed by atoms with E-state index < -0.39 is 5.25 Å². The second kappa shape index (κ2) is 10.6. The molecule has 33 heavy (non-hydrogen) atoms. The zero-order chi connectivity index (χ0) is 23.2. The summed E-state index contributed by atoms with van der Waals surface area (Å²) in [6.45, 7) is 6.58. The van der Waals surface area contributed by atoms with Gasteiger partial charge in [-0.05, 0) is 38.5 Å². The van der Waals surface area contributed by atoms with E-state index in [-0.39, 0.29) is 5.78 Å². The molecular weight excluding hydrogens is 450 g/mol. The van der Waals surface area contributed by atoms with E-state index in [1.807, 2.05) is 93.6 Å². The molecule has 0 spiro atoms. The monoisotopic (exact) mass is 475 g/mol. The van der Waals surface area contributed by atoms with Crippen LogP contribution in [-0.2, 0) is 0 Å². The lowest BCUT2D eigenvalue weighted by Gasteiger charge is -2.15. The maximum absolute atomic E-state index is 13.5. The fraction of sp³-hybridized carbons (Fsp3) is 0.192. The summed E-state index contributed by atoms with van der Waals surface area (Å²) in [5.74, 6) is 0.812. The number of carbonyl (C=O) groups is 1. The summed E-state index contributed by atoms with van der Waals surface area (Å²) in [7, 11) is 0. The van der Waals surface area contributed by atoms with Crippen molar-refractivity contribution < 1.29 is 9.53 Å². The molecule has 7 heteroatoms. The fourth-order valence-electron chi connectivity index (χ4n) is 3.26. The molecule has 0 fully saturated rings. The molecule has 1 atom stereocenters. The van der Waals surface area contributed by atoms with Crippen molar-refractivity contribution in [2.45, 2.75) is 30.4 Å². The standard InChI is InChI=1S/C26H25N3O2S2/c1-4-31-22-8-6-5-7-21(22)27-25-28-29-26(33-25)32-24(20-15-11-18(3)12-16-20)23(30)19-13-9-17(2)10-14-19/h5-16,24H,4H2,1-3H3,(H,27,28). The van der Waals surface area contributed by atoms with Crippen LogP contribution in [0.4, 0.5) is 10.8 Å². The third-order valence-corrected chi connectivity index (χ3v) is 7.19. The molecule has 0 saturated carbocycles. The van der Waals surface area contributed by atoms with Crippen LogP contribution in [0.15, 0.2) is 77.1 Å². The number of hydrogen-bond donors (Lipinski definition) is 1. The molecule has 168 valence electrons. The number of rotatable bonds is 9. The molecule has 0 aliphatic carbocycles. The van der Waals surface area contributed by atoms with Crippen LogP contribution in [0.2, 0.25) is 0 Å². The summed E-state index contributed by atoms with van der Waals surface area (Å²) in [5.41, 5.74) is 4.74. The van der Waals surface area contributed by atoms with Gasteiger partial charge >= 0.3 is 0 Å². The number of Topliss-reactive ketones (excluding diaryl/α,β-unsaturated/α-hetero) is 1. The molecule has 1 N–H and O–H groups in total. The van der Waals surface area contributed by atoms with Gasteiger partial charge in [0, 0.05) is 5.56 Å². The van der Waals surface area contributed by atoms with Crippen molar-refractivity contribution in [3.63, 3.8) is 0 Å². The Hall–Kier alpha value is -3.16. The van der Waals surface area contributed by atoms with E-state index in [0.29, 0.717) is 17.3 Å². The number of benzene rings is 3. The van der Waals surface area contributed by atoms with Crippen LogP contribution in [0.25, 0.3) is 0 Å². The lowest BCUT2D eigenvalue weighted by Crippen LogP contribution is -2.10. The zero-order valence-electron chi connectivity index (χ0n) is 18.7. The highest BCUT2D eigenvalue weighted by Crippen LogP contribution is 2.41. The van der Waals surface area contributed by atoms with E-state index in [2.05, 4.69) is 15.5 Å². The second-order valence-corrected chi connectivity index (χ2v) is 9.90. The van der Waals surface area contributed by atoms with Gasteiger partial charge in [0.25, 0.3) is 0 Å². The van der Waals surface area contributed by atoms with Gasteiger partial charge in [-0.3, -0.25) is 4.79 Å². The highest BCUT2D eigenvalue weighted by Gasteiger charge is 2.25. The van der Waals surface area contributed by atoms with Crippen molar-refractivity contribution in [2.24, 2.45) is 0 Å². The smallest absolute Gasteiger partial charge is 0.210 e. The Labute approximate surface area is 202 Å². The Bertz CT molecular complexity index is 1220. The Balaban J connectivity index is 1.58. The number of thioether (sulfide) groups is 1. The largest absolute Gasteiger partial charge is 0.492 e. The first-order chi connectivity index (χ1) is 16.0. The Morgan fingerprint density at radius 3 is 2.33 bits per heavy atom. The summed E-state index contributed by atoms with van der Waals surface area (Å²) < 4.78 is 6.40. The van der Waals surface area contributed by atoms with Gasteiger partial charge in [-0.1, -0.05) is 94.9 Å². The first-order valence-corrected chi connectivity index (χ1v) is 12.4. The molecular formula is C26H25N3O2S2. The molecule has 4 rings (SSSR count). The van der Waals surface area contributed by atoms with Crippen LogP contribution in [-0.4, -0.2) is 22.6 Å². The van der Waals surface area contributed by atoms with Crippen LogP contribution in [0, 0.1) is 13.8 Å². The quantitative estimate of drug-likeness (QED) is 0.207. The summed E-state index contributed by atoms with van der Waals surface area (Å²) >= 11 is 2.84. The molecule has 0 aliphatic heterocycles. The van der Waals surface area contributed by atoms with E-state index in [0.717, 1.165) is 32.5 Å². The van der Waals surface area contributed by atoms with Gasteiger partial charge in [0.15, 0.2) is 10.1 Å². The number of hydrogen-bond acceptors (Lipinski definition) is 7. The Kier molecular flexibility index (Phi) is 7.42. The Morgan fingerprint density at radius 1 is 0.970 bits per heavy atom. The minimum Gasteiger partial charge on any atom is -0.492 e. The van der Waals surface area contributed by atoms with Crippen molar-refractivity contribution >= 4 is 39.7 Å². The number of aromatic nitrogens is 2. The van der Waals surface area contributed by atoms with Crippen molar-refractivity contribution in [2.75, 3.05) is 11.9 Å². The van der Waals surface area contributed by atoms with Crippen molar-refractivity contribution in [1.82, 2.24) is 10.2 Å². The van der Waals surface area contributed by atoms with Crippen molar-refractivity contribution in [3.8, 4) is 5.75 Å². The highest BCUT2D eigenvalue weighted by atomic mass is 32.2. The number of ether oxygens (including phenoxy) is 1. The molecule has 0 bridgehead atoms. The van der Waals surface area contributed by atoms with Crippen LogP contribution in [0.5, 0.6) is 5.75 Å². The number of para-hydroxylation sites is 2. The number of carbonyl (C=O) groups excluding carboxylic acids is 1. The van der Waals surface area contributed by atoms with Crippen LogP contribution in [0.3, 0.4) is 0 Å². The van der Waals surface area contributed by atoms with E-state index in [1.165, 1.54) is 23.1 Å². The molecule has 0 saturated heterocycles. The first kappa shape index (κ1) is 23.0. The second-order valence-electron chi connectivity index (χ2n) is 7.57. The van der Waals surface area contributed by atoms with Gasteiger partial charge in [-0.15, -0.1) is 10.2 Å². The minimum atomic E-state index is -0.412. The van der Waals surface area contributed by atoms with Crippen LogP contribution in [0.1, 0.15) is 39.2 Å². The number of anilines is 2. The topological polar surface area (TPSA) is 64.1 Å². The molecule has 0 radical (unpaired) electrons. The maximum atomic E-state index is 13.5. The summed E-state index contributed by atoms with van der Waals surface area (Å²) in [6.07, 6.45) is 0. The average molecular weight is 476 g/mol. The SMILES string of the molecule is CCOc1ccccc1Nc1nnc(SC(C(=O)c2ccc(C)cc2)c2ccc(C)cc2)s1. The lowest BCUT2D eigenvalue weighted by atomic mass is 10.0. The van der Waals surface area contributed by atoms with Gasteiger partial charge in [0.05, 0.1) is 17.5 Å². The van der Waals surface area contributed by atoms with Crippen molar-refractivity contribution in [3.05, 3.63) is 95.1 Å². The normalized spacial score (nSPS) is 11.7. The van der Waals surface area contributed by atoms with Gasteiger partial charge in [-0.25, -0.2) is 0 Å². The minimum absolute atomic E-state index is 0.0512. The third kappa shape index (κ3) is 5.80. The van der Waals surface area contributed by atoms with Crippen molar-refractivity contribution in [1.29, 1.82) is 0 Å². The van der Waals surface area contributed by atoms with Gasteiger partial charge in [0.1, 0.15) is 5.75 Å². The van der Waals surface area contributed by atoms with E-state index in [1.54, 1.807) is 0 Å². The summed E-state index contributed by atoms with van der Waals surface area (Å²) in [5, 5.41) is 12.1. The van der Waals surface area contributed by atoms with Gasteiger partial charge in [-0.2, -0.15) is 0 Å². The lowest BCUT2D eigenvalue weighted by molar-refractivity contribution is 0.0989. The number of nitrogens with zero attached hydrogens (tertiary/aromatic N) is 2. The predicted octanol–water partition coefficient (Wildman–Crippen LogP) is 7.01. The maximum Gasteiger partial charge on any atom is 0.210 e. The molecule has 1 heterocycles. The third-order valence-electron chi connectivity index (χ3n) is 5.01.